The van der Waals surface area contributed by atoms with E-state index in [9.17, 15) is 0 Å². The van der Waals surface area contributed by atoms with Gasteiger partial charge < -0.3 is 14.3 Å². The van der Waals surface area contributed by atoms with Gasteiger partial charge in [0.15, 0.2) is 5.58 Å². The molecule has 0 atom stereocenters. The van der Waals surface area contributed by atoms with E-state index in [-0.39, 0.29) is 0 Å². The Morgan fingerprint density at radius 2 is 1.17 bits per heavy atom. The second kappa shape index (κ2) is 14.0. The number of pyridine rings is 2. The summed E-state index contributed by atoms with van der Waals surface area (Å²) in [6.45, 7) is 0.492. The molecule has 6 heterocycles. The largest absolute Gasteiger partial charge is 0.684 e. The van der Waals surface area contributed by atoms with Gasteiger partial charge in [-0.2, -0.15) is 6.20 Å². The fraction of sp³-hybridized carbons (Fsp3) is 0.0179. The molecule has 7 heteroatoms. The van der Waals surface area contributed by atoms with Crippen molar-refractivity contribution in [2.24, 2.45) is 4.99 Å². The molecule has 63 heavy (non-hydrogen) atoms. The number of rotatable bonds is 6. The minimum atomic E-state index is 0.492. The van der Waals surface area contributed by atoms with Gasteiger partial charge in [-0.3, -0.25) is 14.5 Å². The SMILES string of the molecule is C1=C(c2ccc3c4ccccc4n(-c4cc(-c5ccccc5)cc(-c5ccccc5)n4)c3c2)N=C(c2ccc3c(c2)c2ccccc2n3-c2ccc3oc4cccnc4c3c2)C[N-]1. The predicted molar refractivity (Wildman–Crippen MR) is 258 cm³/mol. The lowest BCUT2D eigenvalue weighted by Crippen LogP contribution is -2.09. The molecule has 0 spiro atoms. The molecule has 7 aromatic carbocycles. The van der Waals surface area contributed by atoms with Crippen LogP contribution in [-0.4, -0.2) is 31.4 Å². The first-order valence-electron chi connectivity index (χ1n) is 21.1. The lowest BCUT2D eigenvalue weighted by molar-refractivity contribution is 0.668. The van der Waals surface area contributed by atoms with Crippen molar-refractivity contribution in [1.29, 1.82) is 0 Å². The van der Waals surface area contributed by atoms with Crippen molar-refractivity contribution < 1.29 is 4.42 Å². The van der Waals surface area contributed by atoms with Crippen LogP contribution in [0.15, 0.2) is 210 Å². The first kappa shape index (κ1) is 35.2. The molecule has 5 aromatic heterocycles. The summed E-state index contributed by atoms with van der Waals surface area (Å²) in [5.74, 6) is 0.854. The second-order valence-corrected chi connectivity index (χ2v) is 16.0. The van der Waals surface area contributed by atoms with E-state index in [2.05, 4.69) is 178 Å². The molecule has 1 aliphatic rings. The Labute approximate surface area is 361 Å². The Kier molecular flexibility index (Phi) is 7.83. The van der Waals surface area contributed by atoms with Crippen LogP contribution in [0.3, 0.4) is 0 Å². The summed E-state index contributed by atoms with van der Waals surface area (Å²) < 4.78 is 10.7. The van der Waals surface area contributed by atoms with E-state index in [1.165, 1.54) is 10.8 Å². The van der Waals surface area contributed by atoms with Crippen LogP contribution < -0.4 is 0 Å². The van der Waals surface area contributed by atoms with Crippen LogP contribution in [0, 0.1) is 0 Å². The van der Waals surface area contributed by atoms with Gasteiger partial charge in [0, 0.05) is 61.4 Å². The van der Waals surface area contributed by atoms with Gasteiger partial charge in [0.2, 0.25) is 0 Å². The van der Waals surface area contributed by atoms with Gasteiger partial charge in [0.1, 0.15) is 16.9 Å². The molecule has 296 valence electrons. The summed E-state index contributed by atoms with van der Waals surface area (Å²) in [5, 5.41) is 10.5. The first-order chi connectivity index (χ1) is 31.2. The average Bonchev–Trinajstić information content (AvgIpc) is 4.01. The van der Waals surface area contributed by atoms with Crippen molar-refractivity contribution in [3.8, 4) is 33.9 Å². The molecule has 0 saturated heterocycles. The number of nitrogens with zero attached hydrogens (tertiary/aromatic N) is 6. The smallest absolute Gasteiger partial charge is 0.153 e. The third-order valence-corrected chi connectivity index (χ3v) is 12.4. The number of furan rings is 1. The fourth-order valence-corrected chi connectivity index (χ4v) is 9.44. The number of benzene rings is 7. The van der Waals surface area contributed by atoms with E-state index >= 15 is 0 Å². The van der Waals surface area contributed by atoms with Crippen LogP contribution >= 0.6 is 0 Å². The van der Waals surface area contributed by atoms with Crippen LogP contribution in [0.1, 0.15) is 11.1 Å². The first-order valence-corrected chi connectivity index (χ1v) is 21.1. The maximum Gasteiger partial charge on any atom is 0.153 e. The van der Waals surface area contributed by atoms with Gasteiger partial charge in [0.25, 0.3) is 0 Å². The van der Waals surface area contributed by atoms with E-state index in [4.69, 9.17) is 19.7 Å². The zero-order chi connectivity index (χ0) is 41.4. The van der Waals surface area contributed by atoms with Crippen molar-refractivity contribution >= 4 is 77.1 Å². The average molecular weight is 808 g/mol. The molecular weight excluding hydrogens is 773 g/mol. The van der Waals surface area contributed by atoms with E-state index in [0.717, 1.165) is 111 Å². The summed E-state index contributed by atoms with van der Waals surface area (Å²) in [7, 11) is 0. The Morgan fingerprint density at radius 3 is 2.02 bits per heavy atom. The van der Waals surface area contributed by atoms with Crippen LogP contribution in [0.5, 0.6) is 0 Å². The molecule has 7 nitrogen and oxygen atoms in total. The number of hydrogen-bond donors (Lipinski definition) is 0. The Balaban J connectivity index is 0.928. The number of hydrogen-bond acceptors (Lipinski definition) is 4. The quantitative estimate of drug-likeness (QED) is 0.168. The van der Waals surface area contributed by atoms with Gasteiger partial charge in [-0.1, -0.05) is 122 Å². The number of para-hydroxylation sites is 2. The highest BCUT2D eigenvalue weighted by Gasteiger charge is 2.19. The lowest BCUT2D eigenvalue weighted by Gasteiger charge is -2.25. The Bertz CT molecular complexity index is 3800. The maximum absolute atomic E-state index is 6.12. The van der Waals surface area contributed by atoms with E-state index < -0.39 is 0 Å². The normalized spacial score (nSPS) is 13.0. The van der Waals surface area contributed by atoms with Crippen LogP contribution in [0.25, 0.3) is 111 Å². The van der Waals surface area contributed by atoms with Crippen LogP contribution in [0.4, 0.5) is 0 Å². The summed E-state index contributed by atoms with van der Waals surface area (Å²) in [6.07, 6.45) is 3.73. The highest BCUT2D eigenvalue weighted by atomic mass is 16.3. The van der Waals surface area contributed by atoms with Gasteiger partial charge in [-0.25, -0.2) is 4.98 Å². The fourth-order valence-electron chi connectivity index (χ4n) is 9.44. The summed E-state index contributed by atoms with van der Waals surface area (Å²) in [6, 6.07) is 66.0. The molecule has 0 unspecified atom stereocenters. The monoisotopic (exact) mass is 807 g/mol. The van der Waals surface area contributed by atoms with Gasteiger partial charge in [-0.05, 0) is 89.5 Å². The molecular formula is C56H35N6O-. The van der Waals surface area contributed by atoms with Crippen molar-refractivity contribution in [2.45, 2.75) is 0 Å². The standard InChI is InChI=1S/C56H35N6O/c1-3-12-35(13-4-1)39-29-46(36-14-5-2-6-15-36)60-55(31-39)62-50-19-10-7-16-41(50)43-24-21-38(30-52(43)62)48-34-57-33-47(59-48)37-22-25-51-44(28-37)42-17-8-9-18-49(42)61(51)40-23-26-53-45(32-40)56-54(63-53)20-11-27-58-56/h1-32,34H,33H2/q-1. The Hall–Kier alpha value is -8.55. The number of fused-ring (bicyclic) bond motifs is 9. The van der Waals surface area contributed by atoms with E-state index in [1.54, 1.807) is 0 Å². The second-order valence-electron chi connectivity index (χ2n) is 16.0. The number of aliphatic imine (C=N–C) groups is 1. The van der Waals surface area contributed by atoms with Gasteiger partial charge in [-0.15, -0.1) is 0 Å². The topological polar surface area (TPSA) is 75.2 Å². The zero-order valence-corrected chi connectivity index (χ0v) is 33.9. The molecule has 13 rings (SSSR count). The third-order valence-electron chi connectivity index (χ3n) is 12.4. The molecule has 0 bridgehead atoms. The van der Waals surface area contributed by atoms with Gasteiger partial charge in [0.05, 0.1) is 27.8 Å². The van der Waals surface area contributed by atoms with E-state index in [1.807, 2.05) is 36.7 Å². The lowest BCUT2D eigenvalue weighted by atomic mass is 10.0. The molecule has 0 fully saturated rings. The van der Waals surface area contributed by atoms with Gasteiger partial charge >= 0.3 is 0 Å². The molecule has 1 aliphatic heterocycles. The van der Waals surface area contributed by atoms with Crippen molar-refractivity contribution in [3.05, 3.63) is 217 Å². The molecule has 0 saturated carbocycles. The number of aromatic nitrogens is 4. The Morgan fingerprint density at radius 1 is 0.460 bits per heavy atom. The minimum Gasteiger partial charge on any atom is -0.684 e. The summed E-state index contributed by atoms with van der Waals surface area (Å²) in [5.41, 5.74) is 15.9. The van der Waals surface area contributed by atoms with Crippen molar-refractivity contribution in [3.63, 3.8) is 0 Å². The molecule has 0 amide bonds. The predicted octanol–water partition coefficient (Wildman–Crippen LogP) is 14.1. The van der Waals surface area contributed by atoms with Crippen molar-refractivity contribution in [1.82, 2.24) is 19.1 Å². The molecule has 0 radical (unpaired) electrons. The zero-order valence-electron chi connectivity index (χ0n) is 33.9. The molecule has 0 aliphatic carbocycles. The molecule has 12 aromatic rings. The third kappa shape index (κ3) is 5.71. The van der Waals surface area contributed by atoms with Crippen LogP contribution in [0.2, 0.25) is 0 Å². The maximum atomic E-state index is 6.12. The highest BCUT2D eigenvalue weighted by molar-refractivity contribution is 6.15. The van der Waals surface area contributed by atoms with Crippen LogP contribution in [-0.2, 0) is 0 Å². The highest BCUT2D eigenvalue weighted by Crippen LogP contribution is 2.39. The minimum absolute atomic E-state index is 0.492. The molecule has 0 N–H and O–H groups in total. The van der Waals surface area contributed by atoms with Crippen molar-refractivity contribution in [2.75, 3.05) is 6.54 Å². The summed E-state index contributed by atoms with van der Waals surface area (Å²) in [4.78, 5) is 15.3. The summed E-state index contributed by atoms with van der Waals surface area (Å²) >= 11 is 0. The van der Waals surface area contributed by atoms with E-state index in [0.29, 0.717) is 6.54 Å².